The molecule has 2 heterocycles. The lowest BCUT2D eigenvalue weighted by Gasteiger charge is -2.42. The number of aromatic nitrogens is 2. The third kappa shape index (κ3) is 5.82. The number of piperidine rings is 1. The average Bonchev–Trinajstić information content (AvgIpc) is 3.23. The fraction of sp³-hybridized carbons (Fsp3) is 0.519. The summed E-state index contributed by atoms with van der Waals surface area (Å²) in [5, 5.41) is 24.8. The van der Waals surface area contributed by atoms with Gasteiger partial charge in [0.15, 0.2) is 0 Å². The number of benzene rings is 2. The Bertz CT molecular complexity index is 1340. The largest absolute Gasteiger partial charge is 0.492 e. The van der Waals surface area contributed by atoms with E-state index in [0.29, 0.717) is 18.4 Å². The molecule has 1 aliphatic heterocycles. The molecule has 1 saturated heterocycles. The number of aliphatic hydroxyl groups is 2. The van der Waals surface area contributed by atoms with Crippen molar-refractivity contribution in [2.75, 3.05) is 6.61 Å². The van der Waals surface area contributed by atoms with Crippen LogP contribution >= 0.6 is 0 Å². The summed E-state index contributed by atoms with van der Waals surface area (Å²) in [5.74, 6) is -0.0931. The molecule has 2 aliphatic rings. The van der Waals surface area contributed by atoms with Crippen molar-refractivity contribution in [3.8, 4) is 11.5 Å². The van der Waals surface area contributed by atoms with E-state index in [1.165, 1.54) is 35.2 Å². The lowest BCUT2D eigenvalue weighted by Crippen LogP contribution is -2.53. The van der Waals surface area contributed by atoms with Gasteiger partial charge in [0.2, 0.25) is 0 Å². The van der Waals surface area contributed by atoms with Gasteiger partial charge in [-0.2, -0.15) is 22.0 Å². The lowest BCUT2D eigenvalue weighted by molar-refractivity contribution is -0.136. The molecule has 3 atom stereocenters. The summed E-state index contributed by atoms with van der Waals surface area (Å²) in [6.45, 7) is 0.440. The SMILES string of the molecule is C[C@H]1C[C@@](O)(c2cccc(OC(F)F)c2)C[C@@H](COc2cc(C(F)(F)F)c3c(c2)ncn3C2CC(C)(O)C2)N1. The molecule has 1 saturated carbocycles. The van der Waals surface area contributed by atoms with Crippen LogP contribution < -0.4 is 14.8 Å². The molecule has 3 N–H and O–H groups in total. The number of alkyl halides is 5. The normalized spacial score (nSPS) is 29.4. The van der Waals surface area contributed by atoms with Gasteiger partial charge in [-0.05, 0) is 63.3 Å². The molecule has 212 valence electrons. The number of ether oxygens (including phenoxy) is 2. The highest BCUT2D eigenvalue weighted by atomic mass is 19.4. The van der Waals surface area contributed by atoms with E-state index in [4.69, 9.17) is 4.74 Å². The summed E-state index contributed by atoms with van der Waals surface area (Å²) in [7, 11) is 0. The van der Waals surface area contributed by atoms with E-state index in [1.54, 1.807) is 13.0 Å². The van der Waals surface area contributed by atoms with E-state index in [2.05, 4.69) is 15.0 Å². The maximum atomic E-state index is 14.1. The second-order valence-electron chi connectivity index (χ2n) is 11.0. The van der Waals surface area contributed by atoms with Crippen molar-refractivity contribution < 1.29 is 41.6 Å². The van der Waals surface area contributed by atoms with Gasteiger partial charge in [-0.1, -0.05) is 12.1 Å². The van der Waals surface area contributed by atoms with Crippen molar-refractivity contribution in [2.45, 2.75) is 81.6 Å². The Balaban J connectivity index is 1.35. The second kappa shape index (κ2) is 9.90. The highest BCUT2D eigenvalue weighted by Crippen LogP contribution is 2.45. The Labute approximate surface area is 221 Å². The molecule has 7 nitrogen and oxygen atoms in total. The first-order valence-corrected chi connectivity index (χ1v) is 12.7. The van der Waals surface area contributed by atoms with Crippen LogP contribution in [0.2, 0.25) is 0 Å². The molecule has 1 aliphatic carbocycles. The molecule has 0 spiro atoms. The third-order valence-electron chi connectivity index (χ3n) is 7.49. The van der Waals surface area contributed by atoms with Crippen LogP contribution in [0.4, 0.5) is 22.0 Å². The molecule has 39 heavy (non-hydrogen) atoms. The van der Waals surface area contributed by atoms with Crippen molar-refractivity contribution in [3.05, 3.63) is 53.9 Å². The van der Waals surface area contributed by atoms with Gasteiger partial charge in [0.25, 0.3) is 0 Å². The lowest BCUT2D eigenvalue weighted by atomic mass is 9.77. The number of rotatable bonds is 7. The van der Waals surface area contributed by atoms with E-state index in [1.807, 2.05) is 6.92 Å². The van der Waals surface area contributed by atoms with Gasteiger partial charge in [-0.15, -0.1) is 0 Å². The molecular formula is C27H30F5N3O4. The molecule has 2 aromatic carbocycles. The number of nitrogens with zero attached hydrogens (tertiary/aromatic N) is 2. The van der Waals surface area contributed by atoms with Crippen molar-refractivity contribution in [1.29, 1.82) is 0 Å². The van der Waals surface area contributed by atoms with Crippen LogP contribution in [0.25, 0.3) is 11.0 Å². The number of hydrogen-bond donors (Lipinski definition) is 3. The van der Waals surface area contributed by atoms with Crippen molar-refractivity contribution in [2.24, 2.45) is 0 Å². The second-order valence-corrected chi connectivity index (χ2v) is 11.0. The minimum atomic E-state index is -4.66. The highest BCUT2D eigenvalue weighted by molar-refractivity contribution is 5.82. The zero-order valence-electron chi connectivity index (χ0n) is 21.4. The van der Waals surface area contributed by atoms with Crippen molar-refractivity contribution >= 4 is 11.0 Å². The van der Waals surface area contributed by atoms with Crippen LogP contribution in [0.3, 0.4) is 0 Å². The molecule has 0 amide bonds. The fourth-order valence-electron chi connectivity index (χ4n) is 5.89. The van der Waals surface area contributed by atoms with Crippen molar-refractivity contribution in [3.63, 3.8) is 0 Å². The van der Waals surface area contributed by atoms with Crippen LogP contribution in [0, 0.1) is 0 Å². The molecule has 12 heteroatoms. The minimum absolute atomic E-state index is 0.0171. The quantitative estimate of drug-likeness (QED) is 0.350. The third-order valence-corrected chi connectivity index (χ3v) is 7.49. The summed E-state index contributed by atoms with van der Waals surface area (Å²) < 4.78 is 79.3. The van der Waals surface area contributed by atoms with Crippen LogP contribution in [0.5, 0.6) is 11.5 Å². The zero-order valence-corrected chi connectivity index (χ0v) is 21.4. The predicted molar refractivity (Wildman–Crippen MR) is 132 cm³/mol. The standard InChI is InChI=1S/C27H30F5N3O4/c1-15-9-26(37,16-4-3-5-19(6-16)39-24(28)29)10-17(34-15)13-38-20-7-21(27(30,31)32)23-22(8-20)33-14-35(23)18-11-25(2,36)12-18/h3-8,14-15,17-18,24,34,36-37H,9-13H2,1-2H3/t15-,17-,18?,25?,26-/m0/s1. The summed E-state index contributed by atoms with van der Waals surface area (Å²) in [6, 6.07) is 7.34. The first kappa shape index (κ1) is 27.6. The van der Waals surface area contributed by atoms with Gasteiger partial charge in [0.1, 0.15) is 18.1 Å². The summed E-state index contributed by atoms with van der Waals surface area (Å²) in [5.41, 5.74) is -2.70. The van der Waals surface area contributed by atoms with Crippen LogP contribution in [-0.2, 0) is 11.8 Å². The molecule has 3 aromatic rings. The molecule has 0 bridgehead atoms. The molecule has 0 radical (unpaired) electrons. The smallest absolute Gasteiger partial charge is 0.418 e. The Morgan fingerprint density at radius 1 is 1.10 bits per heavy atom. The van der Waals surface area contributed by atoms with Crippen LogP contribution in [-0.4, -0.2) is 50.7 Å². The topological polar surface area (TPSA) is 88.8 Å². The van der Waals surface area contributed by atoms with Gasteiger partial charge >= 0.3 is 12.8 Å². The first-order chi connectivity index (χ1) is 18.2. The van der Waals surface area contributed by atoms with E-state index in [-0.39, 0.29) is 54.1 Å². The molecule has 1 aromatic heterocycles. The maximum absolute atomic E-state index is 14.1. The van der Waals surface area contributed by atoms with Crippen LogP contribution in [0.1, 0.15) is 56.7 Å². The van der Waals surface area contributed by atoms with Gasteiger partial charge in [0, 0.05) is 24.2 Å². The molecule has 5 rings (SSSR count). The van der Waals surface area contributed by atoms with E-state index in [9.17, 15) is 32.2 Å². The van der Waals surface area contributed by atoms with E-state index < -0.39 is 35.6 Å². The summed E-state index contributed by atoms with van der Waals surface area (Å²) in [4.78, 5) is 4.18. The summed E-state index contributed by atoms with van der Waals surface area (Å²) in [6.07, 6.45) is -2.21. The van der Waals surface area contributed by atoms with Gasteiger partial charge in [-0.3, -0.25) is 0 Å². The minimum Gasteiger partial charge on any atom is -0.492 e. The molecular weight excluding hydrogens is 525 g/mol. The van der Waals surface area contributed by atoms with Gasteiger partial charge in [0.05, 0.1) is 34.1 Å². The number of halogens is 5. The molecule has 2 fully saturated rings. The number of hydrogen-bond acceptors (Lipinski definition) is 6. The Hall–Kier alpha value is -2.96. The average molecular weight is 556 g/mol. The Morgan fingerprint density at radius 2 is 1.85 bits per heavy atom. The highest BCUT2D eigenvalue weighted by Gasteiger charge is 2.43. The fourth-order valence-corrected chi connectivity index (χ4v) is 5.89. The van der Waals surface area contributed by atoms with E-state index >= 15 is 0 Å². The zero-order chi connectivity index (χ0) is 28.2. The Morgan fingerprint density at radius 3 is 2.51 bits per heavy atom. The van der Waals surface area contributed by atoms with E-state index in [0.717, 1.165) is 6.07 Å². The first-order valence-electron chi connectivity index (χ1n) is 12.7. The van der Waals surface area contributed by atoms with Gasteiger partial charge in [-0.25, -0.2) is 4.98 Å². The number of imidazole rings is 1. The number of fused-ring (bicyclic) bond motifs is 1. The predicted octanol–water partition coefficient (Wildman–Crippen LogP) is 5.15. The molecule has 0 unspecified atom stereocenters. The summed E-state index contributed by atoms with van der Waals surface area (Å²) >= 11 is 0. The van der Waals surface area contributed by atoms with Crippen LogP contribution in [0.15, 0.2) is 42.7 Å². The Kier molecular flexibility index (Phi) is 7.01. The number of nitrogens with one attached hydrogen (secondary N) is 1. The maximum Gasteiger partial charge on any atom is 0.418 e. The van der Waals surface area contributed by atoms with Gasteiger partial charge < -0.3 is 29.6 Å². The van der Waals surface area contributed by atoms with Crippen molar-refractivity contribution in [1.82, 2.24) is 14.9 Å². The monoisotopic (exact) mass is 555 g/mol.